The minimum absolute atomic E-state index is 0.0432. The van der Waals surface area contributed by atoms with Crippen molar-refractivity contribution in [1.82, 2.24) is 9.55 Å². The predicted octanol–water partition coefficient (Wildman–Crippen LogP) is 2.53. The summed E-state index contributed by atoms with van der Waals surface area (Å²) < 4.78 is 25.0. The zero-order valence-corrected chi connectivity index (χ0v) is 15.3. The molecule has 0 bridgehead atoms. The molecule has 1 heterocycles. The first kappa shape index (κ1) is 17.9. The van der Waals surface area contributed by atoms with Gasteiger partial charge in [0.05, 0.1) is 22.0 Å². The summed E-state index contributed by atoms with van der Waals surface area (Å²) in [5.74, 6) is 0.454. The summed E-state index contributed by atoms with van der Waals surface area (Å²) in [7, 11) is -3.76. The van der Waals surface area contributed by atoms with E-state index in [-0.39, 0.29) is 4.90 Å². The Morgan fingerprint density at radius 1 is 1.24 bits per heavy atom. The number of aryl methyl sites for hydroxylation is 1. The molecule has 3 aromatic rings. The average molecular weight is 377 g/mol. The van der Waals surface area contributed by atoms with Crippen molar-refractivity contribution in [3.63, 3.8) is 0 Å². The highest BCUT2D eigenvalue weighted by molar-refractivity contribution is 7.99. The Balaban J connectivity index is 1.88. The van der Waals surface area contributed by atoms with Crippen LogP contribution in [0.3, 0.4) is 0 Å². The Bertz CT molecular complexity index is 985. The number of primary sulfonamides is 1. The van der Waals surface area contributed by atoms with Crippen LogP contribution in [0.25, 0.3) is 11.0 Å². The van der Waals surface area contributed by atoms with Gasteiger partial charge in [-0.1, -0.05) is 42.1 Å². The second-order valence-electron chi connectivity index (χ2n) is 5.57. The maximum atomic E-state index is 11.5. The van der Waals surface area contributed by atoms with Crippen LogP contribution < -0.4 is 5.14 Å². The van der Waals surface area contributed by atoms with Gasteiger partial charge < -0.3 is 9.67 Å². The number of aliphatic hydroxyl groups excluding tert-OH is 1. The highest BCUT2D eigenvalue weighted by Gasteiger charge is 2.16. The van der Waals surface area contributed by atoms with E-state index in [1.807, 2.05) is 41.8 Å². The van der Waals surface area contributed by atoms with E-state index in [0.29, 0.717) is 17.8 Å². The molecule has 8 heteroatoms. The van der Waals surface area contributed by atoms with Crippen LogP contribution in [-0.2, 0) is 16.6 Å². The van der Waals surface area contributed by atoms with E-state index >= 15 is 0 Å². The molecule has 25 heavy (non-hydrogen) atoms. The Hall–Kier alpha value is -1.87. The molecule has 1 unspecified atom stereocenters. The second-order valence-corrected chi connectivity index (χ2v) is 8.12. The molecule has 132 valence electrons. The fraction of sp³-hybridized carbons (Fsp3) is 0.235. The number of sulfonamides is 1. The number of benzene rings is 2. The van der Waals surface area contributed by atoms with E-state index in [0.717, 1.165) is 16.2 Å². The lowest BCUT2D eigenvalue weighted by atomic mass is 10.1. The van der Waals surface area contributed by atoms with Crippen LogP contribution in [0.5, 0.6) is 0 Å². The Kier molecular flexibility index (Phi) is 5.14. The van der Waals surface area contributed by atoms with Crippen molar-refractivity contribution in [3.8, 4) is 0 Å². The van der Waals surface area contributed by atoms with Gasteiger partial charge in [-0.05, 0) is 30.7 Å². The molecule has 3 rings (SSSR count). The summed E-state index contributed by atoms with van der Waals surface area (Å²) in [5.41, 5.74) is 2.27. The average Bonchev–Trinajstić information content (AvgIpc) is 2.96. The van der Waals surface area contributed by atoms with Gasteiger partial charge in [-0.3, -0.25) is 0 Å². The number of imidazole rings is 1. The molecule has 0 spiro atoms. The van der Waals surface area contributed by atoms with Gasteiger partial charge in [0.15, 0.2) is 5.16 Å². The number of rotatable bonds is 6. The lowest BCUT2D eigenvalue weighted by molar-refractivity contribution is 0.204. The summed E-state index contributed by atoms with van der Waals surface area (Å²) in [6.45, 7) is 2.68. The maximum absolute atomic E-state index is 11.5. The molecule has 0 saturated carbocycles. The molecule has 3 N–H and O–H groups in total. The number of nitrogens with two attached hydrogens (primary N) is 1. The van der Waals surface area contributed by atoms with Crippen molar-refractivity contribution in [2.45, 2.75) is 29.6 Å². The molecule has 1 aromatic heterocycles. The number of hydrogen-bond donors (Lipinski definition) is 2. The summed E-state index contributed by atoms with van der Waals surface area (Å²) >= 11 is 1.43. The van der Waals surface area contributed by atoms with Crippen LogP contribution in [0.4, 0.5) is 0 Å². The van der Waals surface area contributed by atoms with Crippen molar-refractivity contribution in [2.75, 3.05) is 5.75 Å². The highest BCUT2D eigenvalue weighted by Crippen LogP contribution is 2.28. The summed E-state index contributed by atoms with van der Waals surface area (Å²) in [6.07, 6.45) is -0.601. The third-order valence-electron chi connectivity index (χ3n) is 3.88. The summed E-state index contributed by atoms with van der Waals surface area (Å²) in [6, 6.07) is 14.1. The molecule has 0 radical (unpaired) electrons. The van der Waals surface area contributed by atoms with Crippen molar-refractivity contribution < 1.29 is 13.5 Å². The fourth-order valence-electron chi connectivity index (χ4n) is 2.61. The quantitative estimate of drug-likeness (QED) is 0.643. The number of hydrogen-bond acceptors (Lipinski definition) is 5. The second kappa shape index (κ2) is 7.17. The number of aromatic nitrogens is 2. The van der Waals surface area contributed by atoms with Crippen LogP contribution in [0.15, 0.2) is 58.6 Å². The molecular weight excluding hydrogens is 358 g/mol. The molecule has 0 aliphatic rings. The Morgan fingerprint density at radius 3 is 2.60 bits per heavy atom. The third-order valence-corrected chi connectivity index (χ3v) is 5.85. The summed E-state index contributed by atoms with van der Waals surface area (Å²) in [4.78, 5) is 4.56. The largest absolute Gasteiger partial charge is 0.388 e. The normalized spacial score (nSPS) is 13.2. The van der Waals surface area contributed by atoms with Crippen molar-refractivity contribution >= 4 is 32.8 Å². The van der Waals surface area contributed by atoms with Gasteiger partial charge in [0.1, 0.15) is 0 Å². The van der Waals surface area contributed by atoms with Gasteiger partial charge in [0.25, 0.3) is 0 Å². The molecule has 0 fully saturated rings. The lowest BCUT2D eigenvalue weighted by Gasteiger charge is -2.11. The zero-order valence-electron chi connectivity index (χ0n) is 13.7. The predicted molar refractivity (Wildman–Crippen MR) is 98.9 cm³/mol. The number of thioether (sulfide) groups is 1. The van der Waals surface area contributed by atoms with E-state index in [9.17, 15) is 13.5 Å². The minimum Gasteiger partial charge on any atom is -0.388 e. The smallest absolute Gasteiger partial charge is 0.238 e. The van der Waals surface area contributed by atoms with E-state index in [1.54, 1.807) is 6.07 Å². The first-order valence-electron chi connectivity index (χ1n) is 7.79. The Morgan fingerprint density at radius 2 is 1.96 bits per heavy atom. The first-order chi connectivity index (χ1) is 11.9. The van der Waals surface area contributed by atoms with Crippen LogP contribution in [-0.4, -0.2) is 28.8 Å². The van der Waals surface area contributed by atoms with Crippen LogP contribution in [0, 0.1) is 0 Å². The van der Waals surface area contributed by atoms with Gasteiger partial charge in [-0.2, -0.15) is 0 Å². The molecule has 0 aliphatic carbocycles. The highest BCUT2D eigenvalue weighted by atomic mass is 32.2. The van der Waals surface area contributed by atoms with Gasteiger partial charge in [-0.15, -0.1) is 0 Å². The van der Waals surface area contributed by atoms with Crippen LogP contribution in [0.1, 0.15) is 18.6 Å². The molecular formula is C17H19N3O3S2. The van der Waals surface area contributed by atoms with Gasteiger partial charge in [0, 0.05) is 12.3 Å². The lowest BCUT2D eigenvalue weighted by Crippen LogP contribution is -2.11. The third kappa shape index (κ3) is 3.87. The SMILES string of the molecule is CCn1c(SCC(O)c2ccccc2)nc2cc(S(N)(=O)=O)ccc21. The van der Waals surface area contributed by atoms with Crippen molar-refractivity contribution in [2.24, 2.45) is 5.14 Å². The zero-order chi connectivity index (χ0) is 18.0. The van der Waals surface area contributed by atoms with Crippen LogP contribution in [0.2, 0.25) is 0 Å². The van der Waals surface area contributed by atoms with E-state index in [1.165, 1.54) is 23.9 Å². The van der Waals surface area contributed by atoms with Crippen LogP contribution >= 0.6 is 11.8 Å². The standard InChI is InChI=1S/C17H19N3O3S2/c1-2-20-15-9-8-13(25(18,22)23)10-14(15)19-17(20)24-11-16(21)12-6-4-3-5-7-12/h3-10,16,21H,2,11H2,1H3,(H2,18,22,23). The van der Waals surface area contributed by atoms with Crippen molar-refractivity contribution in [1.29, 1.82) is 0 Å². The minimum atomic E-state index is -3.76. The molecule has 0 saturated heterocycles. The van der Waals surface area contributed by atoms with Gasteiger partial charge in [0.2, 0.25) is 10.0 Å². The number of aliphatic hydroxyl groups is 1. The number of nitrogens with zero attached hydrogens (tertiary/aromatic N) is 2. The molecule has 0 aliphatic heterocycles. The fourth-order valence-corrected chi connectivity index (χ4v) is 4.18. The van der Waals surface area contributed by atoms with E-state index in [4.69, 9.17) is 5.14 Å². The van der Waals surface area contributed by atoms with Gasteiger partial charge >= 0.3 is 0 Å². The Labute approximate surface area is 150 Å². The molecule has 6 nitrogen and oxygen atoms in total. The summed E-state index contributed by atoms with van der Waals surface area (Å²) in [5, 5.41) is 16.2. The molecule has 1 atom stereocenters. The molecule has 0 amide bonds. The number of fused-ring (bicyclic) bond motifs is 1. The monoisotopic (exact) mass is 377 g/mol. The topological polar surface area (TPSA) is 98.2 Å². The van der Waals surface area contributed by atoms with E-state index in [2.05, 4.69) is 4.98 Å². The molecule has 2 aromatic carbocycles. The van der Waals surface area contributed by atoms with E-state index < -0.39 is 16.1 Å². The first-order valence-corrected chi connectivity index (χ1v) is 10.3. The van der Waals surface area contributed by atoms with Gasteiger partial charge in [-0.25, -0.2) is 18.5 Å². The maximum Gasteiger partial charge on any atom is 0.238 e. The van der Waals surface area contributed by atoms with Crippen molar-refractivity contribution in [3.05, 3.63) is 54.1 Å².